The van der Waals surface area contributed by atoms with Gasteiger partial charge in [-0.25, -0.2) is 9.59 Å². The maximum Gasteiger partial charge on any atom is 0.414 e. The Morgan fingerprint density at radius 3 is 1.83 bits per heavy atom. The summed E-state index contributed by atoms with van der Waals surface area (Å²) in [7, 11) is 0. The van der Waals surface area contributed by atoms with E-state index in [4.69, 9.17) is 25.5 Å². The standard InChI is InChI=1S/C16H16BrN.C2H2O4/c1-12(18)11-16(13-5-3-2-4-6-13)14-7-9-15(17)10-8-14;3-1(4)2(5)6/h2-12H,18H2,1H3;(H,3,4)(H,5,6)/b16-11+;. The van der Waals surface area contributed by atoms with Gasteiger partial charge in [-0.2, -0.15) is 0 Å². The number of nitrogens with two attached hydrogens (primary N) is 1. The van der Waals surface area contributed by atoms with E-state index in [2.05, 4.69) is 46.3 Å². The van der Waals surface area contributed by atoms with Gasteiger partial charge in [0, 0.05) is 10.5 Å². The van der Waals surface area contributed by atoms with E-state index in [1.807, 2.05) is 37.3 Å². The van der Waals surface area contributed by atoms with Crippen molar-refractivity contribution >= 4 is 33.4 Å². The van der Waals surface area contributed by atoms with Gasteiger partial charge in [-0.05, 0) is 35.8 Å². The largest absolute Gasteiger partial charge is 0.473 e. The van der Waals surface area contributed by atoms with Crippen LogP contribution in [0.1, 0.15) is 18.1 Å². The molecule has 0 aliphatic rings. The molecule has 0 radical (unpaired) electrons. The molecule has 0 saturated carbocycles. The molecule has 0 saturated heterocycles. The molecule has 2 rings (SSSR count). The number of aliphatic carboxylic acids is 2. The predicted octanol–water partition coefficient (Wildman–Crippen LogP) is 3.38. The van der Waals surface area contributed by atoms with Crippen LogP contribution in [0.2, 0.25) is 0 Å². The van der Waals surface area contributed by atoms with Gasteiger partial charge in [-0.15, -0.1) is 0 Å². The van der Waals surface area contributed by atoms with Gasteiger partial charge in [0.15, 0.2) is 0 Å². The first kappa shape index (κ1) is 19.6. The lowest BCUT2D eigenvalue weighted by Gasteiger charge is -2.10. The summed E-state index contributed by atoms with van der Waals surface area (Å²) in [6, 6.07) is 18.7. The molecule has 2 aromatic rings. The van der Waals surface area contributed by atoms with Crippen LogP contribution in [0.4, 0.5) is 0 Å². The van der Waals surface area contributed by atoms with E-state index < -0.39 is 11.9 Å². The highest BCUT2D eigenvalue weighted by atomic mass is 79.9. The van der Waals surface area contributed by atoms with Gasteiger partial charge in [0.2, 0.25) is 0 Å². The summed E-state index contributed by atoms with van der Waals surface area (Å²) in [5, 5.41) is 14.8. The van der Waals surface area contributed by atoms with Crippen molar-refractivity contribution in [3.8, 4) is 0 Å². The number of benzene rings is 2. The van der Waals surface area contributed by atoms with E-state index >= 15 is 0 Å². The molecule has 24 heavy (non-hydrogen) atoms. The first-order valence-corrected chi connectivity index (χ1v) is 7.85. The van der Waals surface area contributed by atoms with Crippen molar-refractivity contribution < 1.29 is 19.8 Å². The summed E-state index contributed by atoms with van der Waals surface area (Å²) in [6.07, 6.45) is 2.10. The number of hydrogen-bond acceptors (Lipinski definition) is 3. The molecule has 4 N–H and O–H groups in total. The lowest BCUT2D eigenvalue weighted by atomic mass is 9.96. The fraction of sp³-hybridized carbons (Fsp3) is 0.111. The molecule has 0 aliphatic heterocycles. The first-order valence-electron chi connectivity index (χ1n) is 7.06. The maximum absolute atomic E-state index is 9.10. The van der Waals surface area contributed by atoms with Crippen LogP contribution in [0.5, 0.6) is 0 Å². The van der Waals surface area contributed by atoms with Crippen LogP contribution in [-0.2, 0) is 9.59 Å². The average Bonchev–Trinajstić information content (AvgIpc) is 2.55. The molecule has 0 heterocycles. The SMILES string of the molecule is CC(N)/C=C(\c1ccccc1)c1ccc(Br)cc1.O=C(O)C(=O)O. The van der Waals surface area contributed by atoms with Crippen LogP contribution < -0.4 is 5.73 Å². The zero-order chi connectivity index (χ0) is 18.1. The van der Waals surface area contributed by atoms with E-state index in [9.17, 15) is 0 Å². The Kier molecular flexibility index (Phi) is 7.88. The normalized spacial score (nSPS) is 11.9. The van der Waals surface area contributed by atoms with Crippen LogP contribution in [0.25, 0.3) is 5.57 Å². The van der Waals surface area contributed by atoms with Gasteiger partial charge in [0.05, 0.1) is 0 Å². The molecule has 0 fully saturated rings. The Morgan fingerprint density at radius 2 is 1.42 bits per heavy atom. The number of rotatable bonds is 3. The topological polar surface area (TPSA) is 101 Å². The molecule has 6 heteroatoms. The van der Waals surface area contributed by atoms with Crippen LogP contribution in [0.3, 0.4) is 0 Å². The lowest BCUT2D eigenvalue weighted by molar-refractivity contribution is -0.159. The molecule has 5 nitrogen and oxygen atoms in total. The van der Waals surface area contributed by atoms with Crippen LogP contribution >= 0.6 is 15.9 Å². The van der Waals surface area contributed by atoms with E-state index in [0.29, 0.717) is 0 Å². The number of carboxylic acid groups (broad SMARTS) is 2. The van der Waals surface area contributed by atoms with E-state index in [1.165, 1.54) is 16.7 Å². The van der Waals surface area contributed by atoms with Crippen molar-refractivity contribution in [3.05, 3.63) is 76.3 Å². The van der Waals surface area contributed by atoms with Crippen molar-refractivity contribution in [2.45, 2.75) is 13.0 Å². The minimum Gasteiger partial charge on any atom is -0.473 e. The molecular weight excluding hydrogens is 374 g/mol. The summed E-state index contributed by atoms with van der Waals surface area (Å²) in [5.74, 6) is -3.65. The molecular formula is C18H18BrNO4. The lowest BCUT2D eigenvalue weighted by Crippen LogP contribution is -2.11. The van der Waals surface area contributed by atoms with Crippen molar-refractivity contribution in [3.63, 3.8) is 0 Å². The van der Waals surface area contributed by atoms with Crippen LogP contribution in [0, 0.1) is 0 Å². The highest BCUT2D eigenvalue weighted by Gasteiger charge is 2.05. The van der Waals surface area contributed by atoms with Crippen molar-refractivity contribution in [2.24, 2.45) is 5.73 Å². The van der Waals surface area contributed by atoms with Crippen molar-refractivity contribution in [2.75, 3.05) is 0 Å². The molecule has 0 spiro atoms. The van der Waals surface area contributed by atoms with Gasteiger partial charge in [0.1, 0.15) is 0 Å². The quantitative estimate of drug-likeness (QED) is 0.696. The first-order chi connectivity index (χ1) is 11.3. The number of halogens is 1. The zero-order valence-corrected chi connectivity index (χ0v) is 14.6. The second-order valence-electron chi connectivity index (χ2n) is 4.92. The van der Waals surface area contributed by atoms with Gasteiger partial charge in [0.25, 0.3) is 0 Å². The van der Waals surface area contributed by atoms with E-state index in [0.717, 1.165) is 4.47 Å². The van der Waals surface area contributed by atoms with Gasteiger partial charge < -0.3 is 15.9 Å². The Hall–Kier alpha value is -2.44. The smallest absolute Gasteiger partial charge is 0.414 e. The summed E-state index contributed by atoms with van der Waals surface area (Å²) >= 11 is 3.46. The molecule has 0 amide bonds. The fourth-order valence-electron chi connectivity index (χ4n) is 1.87. The van der Waals surface area contributed by atoms with E-state index in [-0.39, 0.29) is 6.04 Å². The van der Waals surface area contributed by atoms with Gasteiger partial charge >= 0.3 is 11.9 Å². The molecule has 0 aromatic heterocycles. The average molecular weight is 392 g/mol. The Balaban J connectivity index is 0.000000413. The highest BCUT2D eigenvalue weighted by molar-refractivity contribution is 9.10. The second-order valence-corrected chi connectivity index (χ2v) is 5.84. The molecule has 1 unspecified atom stereocenters. The summed E-state index contributed by atoms with van der Waals surface area (Å²) in [4.78, 5) is 18.2. The number of hydrogen-bond donors (Lipinski definition) is 3. The van der Waals surface area contributed by atoms with E-state index in [1.54, 1.807) is 0 Å². The molecule has 0 bridgehead atoms. The number of carboxylic acids is 2. The highest BCUT2D eigenvalue weighted by Crippen LogP contribution is 2.25. The third kappa shape index (κ3) is 6.76. The van der Waals surface area contributed by atoms with Crippen molar-refractivity contribution in [1.82, 2.24) is 0 Å². The maximum atomic E-state index is 9.10. The molecule has 1 atom stereocenters. The van der Waals surface area contributed by atoms with Crippen LogP contribution in [-0.4, -0.2) is 28.2 Å². The summed E-state index contributed by atoms with van der Waals surface area (Å²) in [6.45, 7) is 1.99. The molecule has 0 aliphatic carbocycles. The fourth-order valence-corrected chi connectivity index (χ4v) is 2.13. The third-order valence-electron chi connectivity index (χ3n) is 2.85. The second kappa shape index (κ2) is 9.64. The number of carbonyl (C=O) groups is 2. The molecule has 126 valence electrons. The molecule has 2 aromatic carbocycles. The van der Waals surface area contributed by atoms with Crippen LogP contribution in [0.15, 0.2) is 65.1 Å². The zero-order valence-electron chi connectivity index (χ0n) is 13.0. The van der Waals surface area contributed by atoms with Gasteiger partial charge in [-0.1, -0.05) is 64.5 Å². The summed E-state index contributed by atoms with van der Waals surface area (Å²) < 4.78 is 1.08. The third-order valence-corrected chi connectivity index (χ3v) is 3.38. The predicted molar refractivity (Wildman–Crippen MR) is 96.6 cm³/mol. The minimum absolute atomic E-state index is 0.0313. The summed E-state index contributed by atoms with van der Waals surface area (Å²) in [5.41, 5.74) is 9.46. The van der Waals surface area contributed by atoms with Crippen molar-refractivity contribution in [1.29, 1.82) is 0 Å². The van der Waals surface area contributed by atoms with Gasteiger partial charge in [-0.3, -0.25) is 0 Å². The minimum atomic E-state index is -1.82. The Labute approximate surface area is 148 Å². The Morgan fingerprint density at radius 1 is 0.958 bits per heavy atom. The Bertz CT molecular complexity index is 698. The monoisotopic (exact) mass is 391 g/mol.